The molecule has 3 nitrogen and oxygen atoms in total. The van der Waals surface area contributed by atoms with Gasteiger partial charge in [0.1, 0.15) is 0 Å². The largest absolute Gasteiger partial charge is 0.586 e. The third-order valence-electron chi connectivity index (χ3n) is 2.30. The summed E-state index contributed by atoms with van der Waals surface area (Å²) >= 11 is 0. The fourth-order valence-electron chi connectivity index (χ4n) is 1.50. The van der Waals surface area contributed by atoms with Gasteiger partial charge < -0.3 is 15.2 Å². The van der Waals surface area contributed by atoms with Crippen molar-refractivity contribution in [1.29, 1.82) is 0 Å². The van der Waals surface area contributed by atoms with Gasteiger partial charge in [0.2, 0.25) is 0 Å². The van der Waals surface area contributed by atoms with Crippen molar-refractivity contribution in [3.8, 4) is 11.5 Å². The van der Waals surface area contributed by atoms with Crippen molar-refractivity contribution in [2.75, 3.05) is 0 Å². The summed E-state index contributed by atoms with van der Waals surface area (Å²) in [4.78, 5) is 0. The molecule has 0 unspecified atom stereocenters. The second-order valence-corrected chi connectivity index (χ2v) is 3.36. The van der Waals surface area contributed by atoms with Gasteiger partial charge in [0, 0.05) is 11.6 Å². The van der Waals surface area contributed by atoms with E-state index in [2.05, 4.69) is 9.47 Å². The van der Waals surface area contributed by atoms with Crippen LogP contribution in [0.4, 0.5) is 8.78 Å². The molecule has 90 valence electrons. The smallest absolute Gasteiger partial charge is 0.395 e. The van der Waals surface area contributed by atoms with Crippen LogP contribution < -0.4 is 15.2 Å². The number of alkyl halides is 2. The predicted molar refractivity (Wildman–Crippen MR) is 57.1 cm³/mol. The van der Waals surface area contributed by atoms with Gasteiger partial charge in [0.05, 0.1) is 0 Å². The molecule has 16 heavy (non-hydrogen) atoms. The molecule has 0 amide bonds. The van der Waals surface area contributed by atoms with Gasteiger partial charge in [0.25, 0.3) is 0 Å². The van der Waals surface area contributed by atoms with Crippen LogP contribution >= 0.6 is 12.4 Å². The van der Waals surface area contributed by atoms with Gasteiger partial charge in [-0.15, -0.1) is 21.2 Å². The number of benzene rings is 1. The fraction of sp³-hybridized carbons (Fsp3) is 0.400. The molecule has 1 aromatic rings. The molecule has 0 aliphatic carbocycles. The van der Waals surface area contributed by atoms with Crippen LogP contribution in [-0.2, 0) is 0 Å². The highest BCUT2D eigenvalue weighted by atomic mass is 35.5. The van der Waals surface area contributed by atoms with Crippen LogP contribution in [-0.4, -0.2) is 6.29 Å². The Hall–Kier alpha value is -1.07. The fourth-order valence-corrected chi connectivity index (χ4v) is 1.50. The third kappa shape index (κ3) is 2.20. The highest BCUT2D eigenvalue weighted by Gasteiger charge is 2.44. The zero-order valence-corrected chi connectivity index (χ0v) is 9.39. The van der Waals surface area contributed by atoms with Crippen LogP contribution in [0, 0.1) is 0 Å². The Labute approximate surface area is 97.9 Å². The maximum Gasteiger partial charge on any atom is 0.586 e. The van der Waals surface area contributed by atoms with Crippen molar-refractivity contribution in [1.82, 2.24) is 0 Å². The molecule has 0 bridgehead atoms. The van der Waals surface area contributed by atoms with E-state index in [4.69, 9.17) is 5.73 Å². The van der Waals surface area contributed by atoms with Crippen LogP contribution in [0.5, 0.6) is 11.5 Å². The molecule has 1 heterocycles. The zero-order valence-electron chi connectivity index (χ0n) is 8.57. The molecule has 0 aromatic heterocycles. The minimum Gasteiger partial charge on any atom is -0.395 e. The molecule has 0 fully saturated rings. The van der Waals surface area contributed by atoms with Crippen molar-refractivity contribution >= 4 is 12.4 Å². The van der Waals surface area contributed by atoms with Crippen LogP contribution in [0.15, 0.2) is 18.2 Å². The molecule has 2 N–H and O–H groups in total. The molecule has 0 radical (unpaired) electrons. The number of ether oxygens (including phenoxy) is 2. The molecule has 1 aromatic carbocycles. The number of rotatable bonds is 2. The normalized spacial score (nSPS) is 17.8. The second kappa shape index (κ2) is 4.43. The number of hydrogen-bond donors (Lipinski definition) is 1. The van der Waals surface area contributed by atoms with Crippen LogP contribution in [0.3, 0.4) is 0 Å². The lowest BCUT2D eigenvalue weighted by molar-refractivity contribution is -0.287. The third-order valence-corrected chi connectivity index (χ3v) is 2.30. The minimum atomic E-state index is -3.58. The molecular weight excluding hydrogens is 240 g/mol. The summed E-state index contributed by atoms with van der Waals surface area (Å²) in [6.07, 6.45) is -2.93. The summed E-state index contributed by atoms with van der Waals surface area (Å²) in [5.41, 5.74) is 6.32. The molecule has 1 atom stereocenters. The van der Waals surface area contributed by atoms with E-state index in [-0.39, 0.29) is 29.9 Å². The molecule has 0 spiro atoms. The van der Waals surface area contributed by atoms with E-state index in [1.54, 1.807) is 12.1 Å². The van der Waals surface area contributed by atoms with Crippen molar-refractivity contribution in [3.05, 3.63) is 23.8 Å². The van der Waals surface area contributed by atoms with Crippen LogP contribution in [0.2, 0.25) is 0 Å². The van der Waals surface area contributed by atoms with E-state index >= 15 is 0 Å². The first-order valence-corrected chi connectivity index (χ1v) is 4.68. The van der Waals surface area contributed by atoms with E-state index < -0.39 is 6.29 Å². The Balaban J connectivity index is 0.00000128. The number of fused-ring (bicyclic) bond motifs is 1. The number of hydrogen-bond acceptors (Lipinski definition) is 3. The Morgan fingerprint density at radius 1 is 1.38 bits per heavy atom. The molecule has 2 rings (SSSR count). The maximum atomic E-state index is 12.8. The summed E-state index contributed by atoms with van der Waals surface area (Å²) in [5.74, 6) is 0.0956. The Morgan fingerprint density at radius 3 is 2.69 bits per heavy atom. The quantitative estimate of drug-likeness (QED) is 0.879. The molecule has 1 aliphatic heterocycles. The lowest BCUT2D eigenvalue weighted by Gasteiger charge is -2.11. The SMILES string of the molecule is CC[C@@H](N)c1cccc2c1OC(F)(F)O2.Cl. The maximum absolute atomic E-state index is 12.8. The van der Waals surface area contributed by atoms with Crippen molar-refractivity contribution in [2.24, 2.45) is 5.73 Å². The van der Waals surface area contributed by atoms with Crippen molar-refractivity contribution < 1.29 is 18.3 Å². The van der Waals surface area contributed by atoms with Crippen LogP contribution in [0.25, 0.3) is 0 Å². The van der Waals surface area contributed by atoms with Gasteiger partial charge in [-0.3, -0.25) is 0 Å². The van der Waals surface area contributed by atoms with Gasteiger partial charge in [0.15, 0.2) is 11.5 Å². The minimum absolute atomic E-state index is 0. The summed E-state index contributed by atoms with van der Waals surface area (Å²) in [6, 6.07) is 4.39. The van der Waals surface area contributed by atoms with Gasteiger partial charge in [-0.1, -0.05) is 19.1 Å². The zero-order chi connectivity index (χ0) is 11.1. The second-order valence-electron chi connectivity index (χ2n) is 3.36. The van der Waals surface area contributed by atoms with Gasteiger partial charge in [-0.25, -0.2) is 0 Å². The van der Waals surface area contributed by atoms with Gasteiger partial charge in [-0.2, -0.15) is 0 Å². The van der Waals surface area contributed by atoms with E-state index in [1.165, 1.54) is 6.07 Å². The van der Waals surface area contributed by atoms with E-state index in [9.17, 15) is 8.78 Å². The summed E-state index contributed by atoms with van der Waals surface area (Å²) in [7, 11) is 0. The Morgan fingerprint density at radius 2 is 2.06 bits per heavy atom. The van der Waals surface area contributed by atoms with E-state index in [0.29, 0.717) is 12.0 Å². The van der Waals surface area contributed by atoms with E-state index in [0.717, 1.165) is 0 Å². The lowest BCUT2D eigenvalue weighted by atomic mass is 10.0. The highest BCUT2D eigenvalue weighted by molar-refractivity contribution is 5.85. The summed E-state index contributed by atoms with van der Waals surface area (Å²) in [6.45, 7) is 1.87. The van der Waals surface area contributed by atoms with Gasteiger partial charge >= 0.3 is 6.29 Å². The Kier molecular flexibility index (Phi) is 3.60. The average molecular weight is 252 g/mol. The number of para-hydroxylation sites is 1. The number of nitrogens with two attached hydrogens (primary N) is 1. The molecule has 0 saturated carbocycles. The van der Waals surface area contributed by atoms with E-state index in [1.807, 2.05) is 6.92 Å². The Bertz CT molecular complexity index is 387. The topological polar surface area (TPSA) is 44.5 Å². The van der Waals surface area contributed by atoms with Crippen LogP contribution in [0.1, 0.15) is 24.9 Å². The summed E-state index contributed by atoms with van der Waals surface area (Å²) < 4.78 is 34.3. The predicted octanol–water partition coefficient (Wildman–Crippen LogP) is 2.84. The standard InChI is InChI=1S/C10H11F2NO2.ClH/c1-2-7(13)6-4-3-5-8-9(6)15-10(11,12)14-8;/h3-5,7H,2,13H2,1H3;1H/t7-;/m1./s1. The monoisotopic (exact) mass is 251 g/mol. The molecule has 0 saturated heterocycles. The first kappa shape index (κ1) is 13.0. The molecular formula is C10H12ClF2NO2. The summed E-state index contributed by atoms with van der Waals surface area (Å²) in [5, 5.41) is 0. The first-order valence-electron chi connectivity index (χ1n) is 4.68. The highest BCUT2D eigenvalue weighted by Crippen LogP contribution is 2.44. The number of halogens is 3. The van der Waals surface area contributed by atoms with Crippen molar-refractivity contribution in [3.63, 3.8) is 0 Å². The lowest BCUT2D eigenvalue weighted by Crippen LogP contribution is -2.26. The average Bonchev–Trinajstić information content (AvgIpc) is 2.49. The molecule has 1 aliphatic rings. The van der Waals surface area contributed by atoms with Crippen molar-refractivity contribution in [2.45, 2.75) is 25.7 Å². The first-order chi connectivity index (χ1) is 7.03. The van der Waals surface area contributed by atoms with Gasteiger partial charge in [-0.05, 0) is 12.5 Å². The molecule has 6 heteroatoms.